The molecule has 0 atom stereocenters. The van der Waals surface area contributed by atoms with Crippen molar-refractivity contribution in [2.24, 2.45) is 0 Å². The van der Waals surface area contributed by atoms with Crippen LogP contribution in [0, 0.1) is 12.7 Å². The lowest BCUT2D eigenvalue weighted by Gasteiger charge is -2.29. The van der Waals surface area contributed by atoms with E-state index in [0.717, 1.165) is 0 Å². The predicted molar refractivity (Wildman–Crippen MR) is 81.6 cm³/mol. The Morgan fingerprint density at radius 2 is 2.09 bits per heavy atom. The number of benzene rings is 1. The Morgan fingerprint density at radius 3 is 2.70 bits per heavy atom. The molecule has 0 radical (unpaired) electrons. The summed E-state index contributed by atoms with van der Waals surface area (Å²) in [6.07, 6.45) is 1.29. The van der Waals surface area contributed by atoms with Crippen molar-refractivity contribution in [3.63, 3.8) is 0 Å². The Labute approximate surface area is 134 Å². The molecule has 0 bridgehead atoms. The topological polar surface area (TPSA) is 76.3 Å². The zero-order chi connectivity index (χ0) is 16.4. The minimum atomic E-state index is -3.45. The zero-order valence-corrected chi connectivity index (χ0v) is 13.6. The van der Waals surface area contributed by atoms with Gasteiger partial charge in [0, 0.05) is 19.0 Å². The first-order chi connectivity index (χ1) is 10.9. The zero-order valence-electron chi connectivity index (χ0n) is 12.8. The molecule has 0 saturated carbocycles. The van der Waals surface area contributed by atoms with Crippen LogP contribution in [-0.4, -0.2) is 36.0 Å². The van der Waals surface area contributed by atoms with E-state index in [-0.39, 0.29) is 11.7 Å². The number of halogens is 1. The van der Waals surface area contributed by atoms with Crippen molar-refractivity contribution in [1.82, 2.24) is 14.4 Å². The van der Waals surface area contributed by atoms with Crippen molar-refractivity contribution in [2.75, 3.05) is 13.1 Å². The van der Waals surface area contributed by atoms with Gasteiger partial charge in [-0.15, -0.1) is 0 Å². The number of hydrogen-bond acceptors (Lipinski definition) is 5. The predicted octanol–water partition coefficient (Wildman–Crippen LogP) is 2.23. The highest BCUT2D eigenvalue weighted by molar-refractivity contribution is 7.88. The van der Waals surface area contributed by atoms with Crippen molar-refractivity contribution in [3.8, 4) is 0 Å². The first-order valence-corrected chi connectivity index (χ1v) is 9.07. The number of aryl methyl sites for hydroxylation is 1. The molecule has 1 aromatic heterocycles. The van der Waals surface area contributed by atoms with E-state index in [0.29, 0.717) is 43.2 Å². The highest BCUT2D eigenvalue weighted by atomic mass is 32.2. The molecule has 124 valence electrons. The van der Waals surface area contributed by atoms with Gasteiger partial charge >= 0.3 is 0 Å². The van der Waals surface area contributed by atoms with E-state index >= 15 is 0 Å². The summed E-state index contributed by atoms with van der Waals surface area (Å²) in [7, 11) is -3.45. The van der Waals surface area contributed by atoms with E-state index in [2.05, 4.69) is 10.1 Å². The van der Waals surface area contributed by atoms with Crippen LogP contribution < -0.4 is 0 Å². The third kappa shape index (κ3) is 3.76. The normalized spacial score (nSPS) is 17.5. The maximum absolute atomic E-state index is 13.2. The van der Waals surface area contributed by atoms with Crippen LogP contribution in [0.15, 0.2) is 28.8 Å². The first kappa shape index (κ1) is 16.1. The molecule has 6 nitrogen and oxygen atoms in total. The summed E-state index contributed by atoms with van der Waals surface area (Å²) in [6, 6.07) is 5.69. The molecule has 0 N–H and O–H groups in total. The van der Waals surface area contributed by atoms with E-state index in [1.165, 1.54) is 22.5 Å². The lowest BCUT2D eigenvalue weighted by Crippen LogP contribution is -2.38. The second-order valence-electron chi connectivity index (χ2n) is 5.74. The van der Waals surface area contributed by atoms with Crippen LogP contribution in [0.3, 0.4) is 0 Å². The fraction of sp³-hybridized carbons (Fsp3) is 0.467. The summed E-state index contributed by atoms with van der Waals surface area (Å²) < 4.78 is 44.7. The Hall–Kier alpha value is -1.80. The molecule has 1 aliphatic heterocycles. The van der Waals surface area contributed by atoms with Gasteiger partial charge in [0.1, 0.15) is 5.82 Å². The number of piperidine rings is 1. The highest BCUT2D eigenvalue weighted by Crippen LogP contribution is 2.28. The Morgan fingerprint density at radius 1 is 1.35 bits per heavy atom. The molecule has 0 amide bonds. The lowest BCUT2D eigenvalue weighted by molar-refractivity contribution is 0.270. The number of hydrogen-bond donors (Lipinski definition) is 0. The van der Waals surface area contributed by atoms with Gasteiger partial charge in [-0.1, -0.05) is 17.3 Å². The van der Waals surface area contributed by atoms with E-state index in [9.17, 15) is 12.8 Å². The fourth-order valence-electron chi connectivity index (χ4n) is 2.79. The molecule has 1 aromatic carbocycles. The number of nitrogens with zero attached hydrogens (tertiary/aromatic N) is 3. The van der Waals surface area contributed by atoms with Crippen LogP contribution in [-0.2, 0) is 15.8 Å². The Bertz CT molecular complexity index is 783. The molecule has 0 unspecified atom stereocenters. The van der Waals surface area contributed by atoms with Gasteiger partial charge in [0.25, 0.3) is 0 Å². The summed E-state index contributed by atoms with van der Waals surface area (Å²) in [5.41, 5.74) is 0.458. The van der Waals surface area contributed by atoms with Crippen molar-refractivity contribution < 1.29 is 17.3 Å². The second-order valence-corrected chi connectivity index (χ2v) is 7.71. The molecule has 2 heterocycles. The minimum absolute atomic E-state index is 0.0943. The van der Waals surface area contributed by atoms with E-state index in [1.54, 1.807) is 13.0 Å². The molecule has 1 saturated heterocycles. The quantitative estimate of drug-likeness (QED) is 0.854. The number of sulfonamides is 1. The van der Waals surface area contributed by atoms with Crippen LogP contribution in [0.4, 0.5) is 4.39 Å². The maximum atomic E-state index is 13.2. The SMILES string of the molecule is Cc1noc(C2CCN(S(=O)(=O)Cc3cccc(F)c3)CC2)n1. The summed E-state index contributed by atoms with van der Waals surface area (Å²) in [6.45, 7) is 2.57. The van der Waals surface area contributed by atoms with Gasteiger partial charge in [-0.05, 0) is 37.5 Å². The third-order valence-corrected chi connectivity index (χ3v) is 5.83. The molecule has 3 rings (SSSR count). The van der Waals surface area contributed by atoms with Gasteiger partial charge in [-0.25, -0.2) is 17.1 Å². The van der Waals surface area contributed by atoms with Crippen molar-refractivity contribution in [3.05, 3.63) is 47.4 Å². The molecule has 1 fully saturated rings. The highest BCUT2D eigenvalue weighted by Gasteiger charge is 2.31. The van der Waals surface area contributed by atoms with Crippen molar-refractivity contribution >= 4 is 10.0 Å². The van der Waals surface area contributed by atoms with E-state index in [1.807, 2.05) is 0 Å². The van der Waals surface area contributed by atoms with Crippen LogP contribution in [0.5, 0.6) is 0 Å². The molecule has 0 spiro atoms. The lowest BCUT2D eigenvalue weighted by atomic mass is 9.98. The summed E-state index contributed by atoms with van der Waals surface area (Å²) in [5, 5.41) is 3.77. The fourth-order valence-corrected chi connectivity index (χ4v) is 4.34. The standard InChI is InChI=1S/C15H18FN3O3S/c1-11-17-15(22-18-11)13-5-7-19(8-6-13)23(20,21)10-12-3-2-4-14(16)9-12/h2-4,9,13H,5-8,10H2,1H3. The van der Waals surface area contributed by atoms with Crippen LogP contribution in [0.25, 0.3) is 0 Å². The maximum Gasteiger partial charge on any atom is 0.229 e. The first-order valence-electron chi connectivity index (χ1n) is 7.46. The van der Waals surface area contributed by atoms with Crippen LogP contribution in [0.2, 0.25) is 0 Å². The van der Waals surface area contributed by atoms with Gasteiger partial charge < -0.3 is 4.52 Å². The molecular formula is C15H18FN3O3S. The van der Waals surface area contributed by atoms with Gasteiger partial charge in [0.2, 0.25) is 15.9 Å². The summed E-state index contributed by atoms with van der Waals surface area (Å²) in [4.78, 5) is 4.21. The second kappa shape index (κ2) is 6.37. The minimum Gasteiger partial charge on any atom is -0.339 e. The van der Waals surface area contributed by atoms with Crippen LogP contribution in [0.1, 0.15) is 36.0 Å². The molecule has 1 aliphatic rings. The average molecular weight is 339 g/mol. The van der Waals surface area contributed by atoms with Crippen molar-refractivity contribution in [1.29, 1.82) is 0 Å². The molecule has 2 aromatic rings. The van der Waals surface area contributed by atoms with E-state index < -0.39 is 15.8 Å². The Balaban J connectivity index is 1.64. The number of rotatable bonds is 4. The van der Waals surface area contributed by atoms with Gasteiger partial charge in [0.05, 0.1) is 5.75 Å². The summed E-state index contributed by atoms with van der Waals surface area (Å²) in [5.74, 6) is 0.639. The average Bonchev–Trinajstić information content (AvgIpc) is 2.93. The van der Waals surface area contributed by atoms with E-state index in [4.69, 9.17) is 4.52 Å². The Kier molecular flexibility index (Phi) is 4.45. The van der Waals surface area contributed by atoms with Crippen molar-refractivity contribution in [2.45, 2.75) is 31.4 Å². The smallest absolute Gasteiger partial charge is 0.229 e. The van der Waals surface area contributed by atoms with Gasteiger partial charge in [0.15, 0.2) is 5.82 Å². The van der Waals surface area contributed by atoms with Crippen LogP contribution >= 0.6 is 0 Å². The number of aromatic nitrogens is 2. The monoisotopic (exact) mass is 339 g/mol. The van der Waals surface area contributed by atoms with Gasteiger partial charge in [-0.3, -0.25) is 0 Å². The summed E-state index contributed by atoms with van der Waals surface area (Å²) >= 11 is 0. The molecular weight excluding hydrogens is 321 g/mol. The molecule has 8 heteroatoms. The largest absolute Gasteiger partial charge is 0.339 e. The van der Waals surface area contributed by atoms with Gasteiger partial charge in [-0.2, -0.15) is 4.98 Å². The molecule has 23 heavy (non-hydrogen) atoms. The molecule has 0 aliphatic carbocycles. The third-order valence-electron chi connectivity index (χ3n) is 3.98.